The van der Waals surface area contributed by atoms with Crippen LogP contribution < -0.4 is 5.32 Å². The molecule has 2 heterocycles. The van der Waals surface area contributed by atoms with Gasteiger partial charge in [0.15, 0.2) is 0 Å². The molecule has 4 fully saturated rings. The first-order valence-electron chi connectivity index (χ1n) is 12.2. The molecule has 0 spiro atoms. The van der Waals surface area contributed by atoms with Crippen molar-refractivity contribution in [2.75, 3.05) is 13.1 Å². The molecule has 0 bridgehead atoms. The molecule has 5 nitrogen and oxygen atoms in total. The number of aromatic nitrogens is 1. The largest absolute Gasteiger partial charge is 0.345 e. The van der Waals surface area contributed by atoms with E-state index in [0.29, 0.717) is 23.4 Å². The van der Waals surface area contributed by atoms with Crippen LogP contribution in [0.3, 0.4) is 0 Å². The predicted octanol–water partition coefficient (Wildman–Crippen LogP) is 4.88. The summed E-state index contributed by atoms with van der Waals surface area (Å²) in [6.07, 6.45) is 15.3. The van der Waals surface area contributed by atoms with Crippen LogP contribution in [-0.4, -0.2) is 40.3 Å². The van der Waals surface area contributed by atoms with Gasteiger partial charge in [-0.25, -0.2) is 4.98 Å². The van der Waals surface area contributed by atoms with Crippen LogP contribution in [0, 0.1) is 11.8 Å². The van der Waals surface area contributed by atoms with Crippen LogP contribution in [-0.2, 0) is 4.79 Å². The predicted molar refractivity (Wildman–Crippen MR) is 119 cm³/mol. The topological polar surface area (TPSA) is 62.3 Å². The van der Waals surface area contributed by atoms with Crippen molar-refractivity contribution >= 4 is 23.2 Å². The Bertz CT molecular complexity index is 767. The molecule has 1 aliphatic heterocycles. The number of amides is 2. The fraction of sp³-hybridized carbons (Fsp3) is 0.792. The molecule has 3 aliphatic carbocycles. The first-order chi connectivity index (χ1) is 14.6. The SMILES string of the molecule is O=C(NC1(C2CCCCC2)CC1)c1csc(C2CCN(C(=O)C3CCCC3)CC2)n1. The average molecular weight is 430 g/mol. The maximum Gasteiger partial charge on any atom is 0.271 e. The van der Waals surface area contributed by atoms with E-state index in [-0.39, 0.29) is 17.4 Å². The monoisotopic (exact) mass is 429 g/mol. The highest BCUT2D eigenvalue weighted by Gasteiger charge is 2.50. The molecule has 3 saturated carbocycles. The number of carbonyl (C=O) groups is 2. The molecule has 4 aliphatic rings. The minimum Gasteiger partial charge on any atom is -0.345 e. The van der Waals surface area contributed by atoms with Gasteiger partial charge in [-0.1, -0.05) is 32.1 Å². The highest BCUT2D eigenvalue weighted by atomic mass is 32.1. The van der Waals surface area contributed by atoms with Crippen LogP contribution in [0.1, 0.15) is 105 Å². The fourth-order valence-electron chi connectivity index (χ4n) is 6.07. The lowest BCUT2D eigenvalue weighted by Crippen LogP contribution is -2.43. The van der Waals surface area contributed by atoms with Gasteiger partial charge in [-0.05, 0) is 57.3 Å². The van der Waals surface area contributed by atoms with Gasteiger partial charge in [-0.2, -0.15) is 0 Å². The summed E-state index contributed by atoms with van der Waals surface area (Å²) in [7, 11) is 0. The van der Waals surface area contributed by atoms with Crippen LogP contribution in [0.2, 0.25) is 0 Å². The molecule has 2 amide bonds. The molecule has 1 aromatic heterocycles. The number of hydrogen-bond acceptors (Lipinski definition) is 4. The van der Waals surface area contributed by atoms with Crippen LogP contribution in [0.5, 0.6) is 0 Å². The number of likely N-dealkylation sites (tertiary alicyclic amines) is 1. The summed E-state index contributed by atoms with van der Waals surface area (Å²) in [5.74, 6) is 1.72. The Labute approximate surface area is 184 Å². The number of nitrogens with one attached hydrogen (secondary N) is 1. The second-order valence-corrected chi connectivity index (χ2v) is 11.0. The van der Waals surface area contributed by atoms with Crippen molar-refractivity contribution < 1.29 is 9.59 Å². The number of thiazole rings is 1. The van der Waals surface area contributed by atoms with E-state index in [9.17, 15) is 9.59 Å². The van der Waals surface area contributed by atoms with Crippen LogP contribution >= 0.6 is 11.3 Å². The van der Waals surface area contributed by atoms with Crippen molar-refractivity contribution in [3.8, 4) is 0 Å². The number of nitrogens with zero attached hydrogens (tertiary/aromatic N) is 2. The number of carbonyl (C=O) groups excluding carboxylic acids is 2. The minimum atomic E-state index is 0.0226. The third kappa shape index (κ3) is 4.17. The lowest BCUT2D eigenvalue weighted by Gasteiger charge is -2.32. The molecule has 1 saturated heterocycles. The summed E-state index contributed by atoms with van der Waals surface area (Å²) < 4.78 is 0. The van der Waals surface area contributed by atoms with Gasteiger partial charge in [0.05, 0.1) is 5.01 Å². The average Bonchev–Trinajstić information content (AvgIpc) is 3.20. The Kier molecular flexibility index (Phi) is 5.87. The maximum absolute atomic E-state index is 12.9. The molecule has 1 N–H and O–H groups in total. The first-order valence-corrected chi connectivity index (χ1v) is 13.1. The van der Waals surface area contributed by atoms with Crippen molar-refractivity contribution in [2.45, 2.75) is 94.9 Å². The van der Waals surface area contributed by atoms with E-state index in [1.165, 1.54) is 44.9 Å². The van der Waals surface area contributed by atoms with E-state index in [1.54, 1.807) is 11.3 Å². The van der Waals surface area contributed by atoms with Crippen LogP contribution in [0.4, 0.5) is 0 Å². The fourth-order valence-corrected chi connectivity index (χ4v) is 7.04. The Hall–Kier alpha value is -1.43. The zero-order chi connectivity index (χ0) is 20.6. The van der Waals surface area contributed by atoms with Crippen molar-refractivity contribution in [3.63, 3.8) is 0 Å². The maximum atomic E-state index is 12.9. The molecule has 5 rings (SSSR count). The van der Waals surface area contributed by atoms with Gasteiger partial charge in [0.25, 0.3) is 5.91 Å². The van der Waals surface area contributed by atoms with Crippen LogP contribution in [0.25, 0.3) is 0 Å². The van der Waals surface area contributed by atoms with E-state index < -0.39 is 0 Å². The molecule has 6 heteroatoms. The van der Waals surface area contributed by atoms with E-state index in [0.717, 1.165) is 56.6 Å². The zero-order valence-electron chi connectivity index (χ0n) is 18.0. The quantitative estimate of drug-likeness (QED) is 0.725. The van der Waals surface area contributed by atoms with Gasteiger partial charge in [0.2, 0.25) is 5.91 Å². The van der Waals surface area contributed by atoms with E-state index >= 15 is 0 Å². The lowest BCUT2D eigenvalue weighted by molar-refractivity contribution is -0.136. The summed E-state index contributed by atoms with van der Waals surface area (Å²) in [4.78, 5) is 32.4. The van der Waals surface area contributed by atoms with Crippen molar-refractivity contribution in [1.29, 1.82) is 0 Å². The molecule has 0 aromatic carbocycles. The molecule has 30 heavy (non-hydrogen) atoms. The Morgan fingerprint density at radius 3 is 2.30 bits per heavy atom. The van der Waals surface area contributed by atoms with E-state index in [4.69, 9.17) is 4.98 Å². The Balaban J connectivity index is 1.15. The minimum absolute atomic E-state index is 0.0226. The normalized spacial score (nSPS) is 25.4. The smallest absolute Gasteiger partial charge is 0.271 e. The molecule has 0 unspecified atom stereocenters. The van der Waals surface area contributed by atoms with Crippen molar-refractivity contribution in [3.05, 3.63) is 16.1 Å². The summed E-state index contributed by atoms with van der Waals surface area (Å²) in [5, 5.41) is 6.40. The lowest BCUT2D eigenvalue weighted by atomic mass is 9.82. The van der Waals surface area contributed by atoms with Gasteiger partial charge >= 0.3 is 0 Å². The molecule has 0 radical (unpaired) electrons. The summed E-state index contributed by atoms with van der Waals surface area (Å²) in [6, 6.07) is 0. The van der Waals surface area contributed by atoms with Crippen LogP contribution in [0.15, 0.2) is 5.38 Å². The summed E-state index contributed by atoms with van der Waals surface area (Å²) in [5.41, 5.74) is 0.661. The molecule has 164 valence electrons. The van der Waals surface area contributed by atoms with Crippen molar-refractivity contribution in [2.24, 2.45) is 11.8 Å². The van der Waals surface area contributed by atoms with Gasteiger partial charge < -0.3 is 10.2 Å². The van der Waals surface area contributed by atoms with Gasteiger partial charge in [-0.15, -0.1) is 11.3 Å². The van der Waals surface area contributed by atoms with E-state index in [1.807, 2.05) is 5.38 Å². The number of rotatable bonds is 5. The Morgan fingerprint density at radius 2 is 1.63 bits per heavy atom. The highest BCUT2D eigenvalue weighted by Crippen LogP contribution is 2.48. The molecule has 1 aromatic rings. The molecule has 0 atom stereocenters. The second-order valence-electron chi connectivity index (χ2n) is 10.1. The summed E-state index contributed by atoms with van der Waals surface area (Å²) in [6.45, 7) is 1.68. The Morgan fingerprint density at radius 1 is 0.967 bits per heavy atom. The summed E-state index contributed by atoms with van der Waals surface area (Å²) >= 11 is 1.63. The standard InChI is InChI=1S/C24H35N3O2S/c28-21(26-24(12-13-24)19-8-2-1-3-9-19)20-16-30-22(25-20)17-10-14-27(15-11-17)23(29)18-6-4-5-7-18/h16-19H,1-15H2,(H,26,28). The zero-order valence-corrected chi connectivity index (χ0v) is 18.9. The van der Waals surface area contributed by atoms with Gasteiger partial charge in [0.1, 0.15) is 5.69 Å². The number of hydrogen-bond donors (Lipinski definition) is 1. The van der Waals surface area contributed by atoms with Crippen molar-refractivity contribution in [1.82, 2.24) is 15.2 Å². The second kappa shape index (κ2) is 8.60. The number of piperidine rings is 1. The third-order valence-corrected chi connectivity index (χ3v) is 9.16. The van der Waals surface area contributed by atoms with Gasteiger partial charge in [-0.3, -0.25) is 9.59 Å². The van der Waals surface area contributed by atoms with E-state index in [2.05, 4.69) is 10.2 Å². The van der Waals surface area contributed by atoms with Gasteiger partial charge in [0, 0.05) is 35.8 Å². The molecular weight excluding hydrogens is 394 g/mol. The highest BCUT2D eigenvalue weighted by molar-refractivity contribution is 7.09. The third-order valence-electron chi connectivity index (χ3n) is 8.15. The first kappa shape index (κ1) is 20.5. The molecular formula is C24H35N3O2S.